The number of benzene rings is 2. The molecule has 0 aliphatic heterocycles. The van der Waals surface area contributed by atoms with Crippen LogP contribution in [0.4, 0.5) is 4.39 Å². The van der Waals surface area contributed by atoms with E-state index >= 15 is 0 Å². The molecule has 3 rings (SSSR count). The van der Waals surface area contributed by atoms with Crippen molar-refractivity contribution in [2.75, 3.05) is 0 Å². The second-order valence-electron chi connectivity index (χ2n) is 5.60. The van der Waals surface area contributed by atoms with E-state index in [-0.39, 0.29) is 23.1 Å². The number of nitrogens with zero attached hydrogens (tertiary/aromatic N) is 2. The van der Waals surface area contributed by atoms with E-state index in [0.717, 1.165) is 4.47 Å². The average molecular weight is 463 g/mol. The molecule has 28 heavy (non-hydrogen) atoms. The van der Waals surface area contributed by atoms with E-state index in [1.807, 2.05) is 0 Å². The Morgan fingerprint density at radius 3 is 2.86 bits per heavy atom. The molecule has 0 aliphatic carbocycles. The van der Waals surface area contributed by atoms with Crippen LogP contribution >= 0.6 is 27.5 Å². The Hall–Kier alpha value is -2.77. The Bertz CT molecular complexity index is 1030. The standard InChI is InChI=1S/C20H14BrClFN3O2/c21-15-7-8-18(28-12-13-4-1-2-6-17(13)23)14(10-15)11-25-26-20(27)16-5-3-9-24-19(16)22/h1-11H,12H2,(H,26,27). The molecule has 0 saturated heterocycles. The smallest absolute Gasteiger partial charge is 0.274 e. The Balaban J connectivity index is 1.72. The van der Waals surface area contributed by atoms with E-state index in [9.17, 15) is 9.18 Å². The van der Waals surface area contributed by atoms with E-state index < -0.39 is 5.91 Å². The number of aromatic nitrogens is 1. The van der Waals surface area contributed by atoms with Gasteiger partial charge in [-0.05, 0) is 36.4 Å². The molecule has 8 heteroatoms. The Labute approximate surface area is 174 Å². The lowest BCUT2D eigenvalue weighted by Gasteiger charge is -2.10. The zero-order valence-corrected chi connectivity index (χ0v) is 16.7. The third-order valence-electron chi connectivity index (χ3n) is 3.69. The van der Waals surface area contributed by atoms with Crippen LogP contribution in [-0.2, 0) is 6.61 Å². The summed E-state index contributed by atoms with van der Waals surface area (Å²) in [6, 6.07) is 14.8. The highest BCUT2D eigenvalue weighted by molar-refractivity contribution is 9.10. The minimum absolute atomic E-state index is 0.0623. The van der Waals surface area contributed by atoms with Gasteiger partial charge in [-0.2, -0.15) is 5.10 Å². The fourth-order valence-corrected chi connectivity index (χ4v) is 2.88. The van der Waals surface area contributed by atoms with Crippen molar-refractivity contribution in [3.8, 4) is 5.75 Å². The van der Waals surface area contributed by atoms with Crippen LogP contribution in [0.1, 0.15) is 21.5 Å². The van der Waals surface area contributed by atoms with Gasteiger partial charge in [0, 0.05) is 21.8 Å². The molecule has 0 spiro atoms. The highest BCUT2D eigenvalue weighted by Crippen LogP contribution is 2.23. The third-order valence-corrected chi connectivity index (χ3v) is 4.48. The Morgan fingerprint density at radius 1 is 1.25 bits per heavy atom. The van der Waals surface area contributed by atoms with Crippen molar-refractivity contribution in [1.29, 1.82) is 0 Å². The van der Waals surface area contributed by atoms with Gasteiger partial charge in [0.2, 0.25) is 0 Å². The van der Waals surface area contributed by atoms with Crippen LogP contribution in [0, 0.1) is 5.82 Å². The van der Waals surface area contributed by atoms with Crippen molar-refractivity contribution >= 4 is 39.7 Å². The van der Waals surface area contributed by atoms with Crippen LogP contribution in [0.25, 0.3) is 0 Å². The quantitative estimate of drug-likeness (QED) is 0.319. The molecule has 0 radical (unpaired) electrons. The number of pyridine rings is 1. The minimum atomic E-state index is -0.488. The number of amides is 1. The van der Waals surface area contributed by atoms with Gasteiger partial charge in [0.05, 0.1) is 11.8 Å². The number of halogens is 3. The molecular weight excluding hydrogens is 449 g/mol. The van der Waals surface area contributed by atoms with Crippen LogP contribution in [0.3, 0.4) is 0 Å². The second-order valence-corrected chi connectivity index (χ2v) is 6.88. The van der Waals surface area contributed by atoms with Gasteiger partial charge in [-0.1, -0.05) is 45.7 Å². The van der Waals surface area contributed by atoms with Gasteiger partial charge in [-0.25, -0.2) is 14.8 Å². The van der Waals surface area contributed by atoms with Crippen molar-refractivity contribution in [2.45, 2.75) is 6.61 Å². The molecule has 0 fully saturated rings. The summed E-state index contributed by atoms with van der Waals surface area (Å²) in [4.78, 5) is 16.0. The van der Waals surface area contributed by atoms with E-state index in [0.29, 0.717) is 16.9 Å². The van der Waals surface area contributed by atoms with Gasteiger partial charge < -0.3 is 4.74 Å². The molecule has 5 nitrogen and oxygen atoms in total. The highest BCUT2D eigenvalue weighted by Gasteiger charge is 2.10. The van der Waals surface area contributed by atoms with E-state index in [2.05, 4.69) is 31.4 Å². The molecule has 1 N–H and O–H groups in total. The number of hydrazone groups is 1. The largest absolute Gasteiger partial charge is 0.488 e. The molecule has 2 aromatic carbocycles. The van der Waals surface area contributed by atoms with E-state index in [1.165, 1.54) is 18.5 Å². The molecule has 1 aromatic heterocycles. The molecule has 0 atom stereocenters. The van der Waals surface area contributed by atoms with Crippen molar-refractivity contribution in [1.82, 2.24) is 10.4 Å². The molecule has 0 unspecified atom stereocenters. The average Bonchev–Trinajstić information content (AvgIpc) is 2.69. The first-order valence-electron chi connectivity index (χ1n) is 8.14. The second kappa shape index (κ2) is 9.43. The number of carbonyl (C=O) groups excluding carboxylic acids is 1. The molecule has 142 valence electrons. The monoisotopic (exact) mass is 461 g/mol. The number of ether oxygens (including phenoxy) is 1. The fraction of sp³-hybridized carbons (Fsp3) is 0.0500. The highest BCUT2D eigenvalue weighted by atomic mass is 79.9. The molecular formula is C20H14BrClFN3O2. The first-order chi connectivity index (χ1) is 13.5. The summed E-state index contributed by atoms with van der Waals surface area (Å²) >= 11 is 9.27. The molecule has 0 bridgehead atoms. The SMILES string of the molecule is O=C(NN=Cc1cc(Br)ccc1OCc1ccccc1F)c1cccnc1Cl. The lowest BCUT2D eigenvalue weighted by Crippen LogP contribution is -2.18. The van der Waals surface area contributed by atoms with Gasteiger partial charge in [-0.15, -0.1) is 0 Å². The fourth-order valence-electron chi connectivity index (χ4n) is 2.30. The number of hydrogen-bond acceptors (Lipinski definition) is 4. The Morgan fingerprint density at radius 2 is 2.07 bits per heavy atom. The number of hydrogen-bond donors (Lipinski definition) is 1. The van der Waals surface area contributed by atoms with Crippen molar-refractivity contribution in [3.05, 3.63) is 92.9 Å². The van der Waals surface area contributed by atoms with Crippen LogP contribution in [0.15, 0.2) is 70.4 Å². The van der Waals surface area contributed by atoms with E-state index in [4.69, 9.17) is 16.3 Å². The van der Waals surface area contributed by atoms with Crippen LogP contribution in [-0.4, -0.2) is 17.1 Å². The van der Waals surface area contributed by atoms with Crippen LogP contribution in [0.2, 0.25) is 5.15 Å². The summed E-state index contributed by atoms with van der Waals surface area (Å²) in [5.74, 6) is -0.336. The van der Waals surface area contributed by atoms with Gasteiger partial charge in [0.1, 0.15) is 23.3 Å². The maximum atomic E-state index is 13.8. The summed E-state index contributed by atoms with van der Waals surface area (Å²) in [6.45, 7) is 0.0623. The molecule has 0 saturated carbocycles. The van der Waals surface area contributed by atoms with E-state index in [1.54, 1.807) is 48.5 Å². The predicted octanol–water partition coefficient (Wildman–Crippen LogP) is 4.98. The van der Waals surface area contributed by atoms with Crippen LogP contribution in [0.5, 0.6) is 5.75 Å². The Kier molecular flexibility index (Phi) is 6.73. The molecule has 3 aromatic rings. The van der Waals surface area contributed by atoms with Gasteiger partial charge in [0.25, 0.3) is 5.91 Å². The maximum absolute atomic E-state index is 13.8. The summed E-state index contributed by atoms with van der Waals surface area (Å²) < 4.78 is 20.3. The maximum Gasteiger partial charge on any atom is 0.274 e. The summed E-state index contributed by atoms with van der Waals surface area (Å²) in [7, 11) is 0. The zero-order valence-electron chi connectivity index (χ0n) is 14.4. The molecule has 0 aliphatic rings. The summed E-state index contributed by atoms with van der Waals surface area (Å²) in [6.07, 6.45) is 2.92. The third kappa shape index (κ3) is 5.15. The minimum Gasteiger partial charge on any atom is -0.488 e. The summed E-state index contributed by atoms with van der Waals surface area (Å²) in [5, 5.41) is 4.04. The topological polar surface area (TPSA) is 63.6 Å². The lowest BCUT2D eigenvalue weighted by molar-refractivity contribution is 0.0955. The first kappa shape index (κ1) is 20.0. The first-order valence-corrected chi connectivity index (χ1v) is 9.31. The summed E-state index contributed by atoms with van der Waals surface area (Å²) in [5.41, 5.74) is 3.65. The lowest BCUT2D eigenvalue weighted by atomic mass is 10.2. The predicted molar refractivity (Wildman–Crippen MR) is 109 cm³/mol. The zero-order chi connectivity index (χ0) is 19.9. The molecule has 1 heterocycles. The van der Waals surface area contributed by atoms with Gasteiger partial charge >= 0.3 is 0 Å². The van der Waals surface area contributed by atoms with Crippen molar-refractivity contribution in [2.24, 2.45) is 5.10 Å². The van der Waals surface area contributed by atoms with Crippen molar-refractivity contribution in [3.63, 3.8) is 0 Å². The van der Waals surface area contributed by atoms with Crippen molar-refractivity contribution < 1.29 is 13.9 Å². The molecule has 1 amide bonds. The van der Waals surface area contributed by atoms with Gasteiger partial charge in [-0.3, -0.25) is 4.79 Å². The number of nitrogens with one attached hydrogen (secondary N) is 1. The number of carbonyl (C=O) groups is 1. The van der Waals surface area contributed by atoms with Gasteiger partial charge in [0.15, 0.2) is 0 Å². The normalized spacial score (nSPS) is 10.8. The number of rotatable bonds is 6. The van der Waals surface area contributed by atoms with Crippen LogP contribution < -0.4 is 10.2 Å².